The van der Waals surface area contributed by atoms with E-state index in [9.17, 15) is 33.0 Å². The van der Waals surface area contributed by atoms with Gasteiger partial charge in [-0.05, 0) is 25.2 Å². The van der Waals surface area contributed by atoms with Crippen LogP contribution in [0.25, 0.3) is 0 Å². The zero-order chi connectivity index (χ0) is 20.3. The molecule has 0 fully saturated rings. The zero-order valence-corrected chi connectivity index (χ0v) is 15.8. The smallest absolute Gasteiger partial charge is 0.424 e. The van der Waals surface area contributed by atoms with Gasteiger partial charge in [0, 0.05) is 11.1 Å². The molecule has 0 saturated carbocycles. The summed E-state index contributed by atoms with van der Waals surface area (Å²) in [4.78, 5) is 27.0. The van der Waals surface area contributed by atoms with Crippen LogP contribution in [0, 0.1) is 12.3 Å². The molecule has 0 bridgehead atoms. The SMILES string of the molecule is Cc1csc(C(O)(CC(=O)NC(CCC(C)(C)C)C(=O)O)C(F)(F)F)n1. The van der Waals surface area contributed by atoms with Gasteiger partial charge in [0.25, 0.3) is 0 Å². The summed E-state index contributed by atoms with van der Waals surface area (Å²) in [5, 5.41) is 22.1. The highest BCUT2D eigenvalue weighted by molar-refractivity contribution is 7.09. The normalized spacial score (nSPS) is 16.0. The van der Waals surface area contributed by atoms with Crippen molar-refractivity contribution in [3.8, 4) is 0 Å². The van der Waals surface area contributed by atoms with E-state index in [1.165, 1.54) is 12.3 Å². The van der Waals surface area contributed by atoms with Crippen molar-refractivity contribution in [2.45, 2.75) is 64.8 Å². The topological polar surface area (TPSA) is 99.5 Å². The number of aliphatic hydroxyl groups is 1. The second kappa shape index (κ2) is 7.91. The Labute approximate surface area is 153 Å². The number of hydrogen-bond donors (Lipinski definition) is 3. The highest BCUT2D eigenvalue weighted by atomic mass is 32.1. The van der Waals surface area contributed by atoms with Crippen LogP contribution in [0.4, 0.5) is 13.2 Å². The lowest BCUT2D eigenvalue weighted by molar-refractivity contribution is -0.267. The molecule has 2 unspecified atom stereocenters. The number of carbonyl (C=O) groups is 2. The van der Waals surface area contributed by atoms with Gasteiger partial charge in [-0.1, -0.05) is 20.8 Å². The fraction of sp³-hybridized carbons (Fsp3) is 0.688. The molecule has 3 N–H and O–H groups in total. The molecule has 10 heteroatoms. The van der Waals surface area contributed by atoms with Gasteiger partial charge in [0.2, 0.25) is 11.5 Å². The number of aromatic nitrogens is 1. The summed E-state index contributed by atoms with van der Waals surface area (Å²) in [6, 6.07) is -1.34. The molecule has 0 aliphatic carbocycles. The molecule has 0 aliphatic heterocycles. The summed E-state index contributed by atoms with van der Waals surface area (Å²) in [6.07, 6.45) is -5.99. The van der Waals surface area contributed by atoms with E-state index in [2.05, 4.69) is 10.3 Å². The first-order chi connectivity index (χ1) is 11.7. The molecule has 0 radical (unpaired) electrons. The van der Waals surface area contributed by atoms with E-state index in [1.807, 2.05) is 20.8 Å². The minimum atomic E-state index is -5.14. The Kier molecular flexibility index (Phi) is 6.80. The molecule has 0 spiro atoms. The van der Waals surface area contributed by atoms with E-state index in [0.717, 1.165) is 0 Å². The molecule has 1 rings (SSSR count). The second-order valence-corrected chi connectivity index (χ2v) is 8.24. The average Bonchev–Trinajstić information content (AvgIpc) is 2.87. The molecule has 1 aromatic rings. The van der Waals surface area contributed by atoms with Crippen LogP contribution >= 0.6 is 11.3 Å². The van der Waals surface area contributed by atoms with Crippen molar-refractivity contribution in [3.05, 3.63) is 16.1 Å². The van der Waals surface area contributed by atoms with Crippen molar-refractivity contribution in [2.75, 3.05) is 0 Å². The monoisotopic (exact) mass is 396 g/mol. The summed E-state index contributed by atoms with van der Waals surface area (Å²) >= 11 is 0.587. The predicted molar refractivity (Wildman–Crippen MR) is 89.7 cm³/mol. The molecule has 0 saturated heterocycles. The maximum atomic E-state index is 13.4. The molecule has 1 aromatic heterocycles. The van der Waals surface area contributed by atoms with Crippen LogP contribution < -0.4 is 5.32 Å². The first-order valence-electron chi connectivity index (χ1n) is 7.89. The highest BCUT2D eigenvalue weighted by Gasteiger charge is 2.58. The van der Waals surface area contributed by atoms with Crippen molar-refractivity contribution < 1.29 is 33.0 Å². The summed E-state index contributed by atoms with van der Waals surface area (Å²) in [5.74, 6) is -2.55. The van der Waals surface area contributed by atoms with Gasteiger partial charge in [-0.25, -0.2) is 9.78 Å². The molecule has 148 valence electrons. The summed E-state index contributed by atoms with van der Waals surface area (Å²) in [7, 11) is 0. The number of thiazole rings is 1. The maximum absolute atomic E-state index is 13.4. The minimum absolute atomic E-state index is 0.0609. The molecule has 6 nitrogen and oxygen atoms in total. The number of hydrogen-bond acceptors (Lipinski definition) is 5. The highest BCUT2D eigenvalue weighted by Crippen LogP contribution is 2.42. The Morgan fingerprint density at radius 2 is 1.88 bits per heavy atom. The number of carbonyl (C=O) groups excluding carboxylic acids is 1. The third-order valence-electron chi connectivity index (χ3n) is 3.67. The number of rotatable bonds is 7. The number of amides is 1. The van der Waals surface area contributed by atoms with Crippen molar-refractivity contribution >= 4 is 23.2 Å². The van der Waals surface area contributed by atoms with Crippen molar-refractivity contribution in [2.24, 2.45) is 5.41 Å². The predicted octanol–water partition coefficient (Wildman–Crippen LogP) is 2.99. The molecule has 2 atom stereocenters. The summed E-state index contributed by atoms with van der Waals surface area (Å²) < 4.78 is 40.1. The molecular weight excluding hydrogens is 373 g/mol. The van der Waals surface area contributed by atoms with E-state index >= 15 is 0 Å². The van der Waals surface area contributed by atoms with Crippen LogP contribution in [0.1, 0.15) is 50.7 Å². The van der Waals surface area contributed by atoms with Crippen LogP contribution in [-0.4, -0.2) is 39.3 Å². The number of carboxylic acids is 1. The van der Waals surface area contributed by atoms with Gasteiger partial charge < -0.3 is 15.5 Å². The number of nitrogens with zero attached hydrogens (tertiary/aromatic N) is 1. The molecule has 26 heavy (non-hydrogen) atoms. The Balaban J connectivity index is 2.94. The number of nitrogens with one attached hydrogen (secondary N) is 1. The first kappa shape index (κ1) is 22.4. The average molecular weight is 396 g/mol. The van der Waals surface area contributed by atoms with Crippen LogP contribution in [0.2, 0.25) is 0 Å². The van der Waals surface area contributed by atoms with E-state index in [-0.39, 0.29) is 17.5 Å². The van der Waals surface area contributed by atoms with Crippen LogP contribution in [0.15, 0.2) is 5.38 Å². The molecule has 0 aromatic carbocycles. The van der Waals surface area contributed by atoms with Gasteiger partial charge in [-0.2, -0.15) is 13.2 Å². The van der Waals surface area contributed by atoms with Gasteiger partial charge in [-0.15, -0.1) is 11.3 Å². The molecule has 0 aliphatic rings. The fourth-order valence-electron chi connectivity index (χ4n) is 2.15. The number of carboxylic acid groups (broad SMARTS) is 1. The van der Waals surface area contributed by atoms with E-state index in [0.29, 0.717) is 17.8 Å². The Morgan fingerprint density at radius 3 is 2.27 bits per heavy atom. The Morgan fingerprint density at radius 1 is 1.31 bits per heavy atom. The minimum Gasteiger partial charge on any atom is -0.480 e. The van der Waals surface area contributed by atoms with Gasteiger partial charge in [0.15, 0.2) is 0 Å². The van der Waals surface area contributed by atoms with Crippen molar-refractivity contribution in [1.29, 1.82) is 0 Å². The van der Waals surface area contributed by atoms with E-state index < -0.39 is 41.1 Å². The number of aliphatic carboxylic acids is 1. The third-order valence-corrected chi connectivity index (χ3v) is 4.79. The standard InChI is InChI=1S/C16H23F3N2O4S/c1-9-8-26-13(20-9)15(25,16(17,18)19)7-11(22)21-10(12(23)24)5-6-14(2,3)4/h8,10,25H,5-7H2,1-4H3,(H,21,22)(H,23,24). The van der Waals surface area contributed by atoms with Crippen LogP contribution in [0.3, 0.4) is 0 Å². The summed E-state index contributed by atoms with van der Waals surface area (Å²) in [6.45, 7) is 7.09. The van der Waals surface area contributed by atoms with Gasteiger partial charge >= 0.3 is 12.1 Å². The largest absolute Gasteiger partial charge is 0.480 e. The molecular formula is C16H23F3N2O4S. The van der Waals surface area contributed by atoms with Crippen LogP contribution in [-0.2, 0) is 15.2 Å². The van der Waals surface area contributed by atoms with Crippen molar-refractivity contribution in [1.82, 2.24) is 10.3 Å². The van der Waals surface area contributed by atoms with Crippen LogP contribution in [0.5, 0.6) is 0 Å². The Hall–Kier alpha value is -1.68. The fourth-order valence-corrected chi connectivity index (χ4v) is 3.07. The molecule has 1 heterocycles. The van der Waals surface area contributed by atoms with E-state index in [1.54, 1.807) is 0 Å². The third kappa shape index (κ3) is 5.94. The maximum Gasteiger partial charge on any atom is 0.424 e. The zero-order valence-electron chi connectivity index (χ0n) is 15.0. The molecule has 1 amide bonds. The van der Waals surface area contributed by atoms with Gasteiger partial charge in [0.05, 0.1) is 6.42 Å². The van der Waals surface area contributed by atoms with Gasteiger partial charge in [0.1, 0.15) is 11.0 Å². The lowest BCUT2D eigenvalue weighted by Crippen LogP contribution is -2.49. The first-order valence-corrected chi connectivity index (χ1v) is 8.77. The number of aryl methyl sites for hydroxylation is 1. The van der Waals surface area contributed by atoms with E-state index in [4.69, 9.17) is 0 Å². The number of alkyl halides is 3. The van der Waals surface area contributed by atoms with Crippen molar-refractivity contribution in [3.63, 3.8) is 0 Å². The number of halogens is 3. The lowest BCUT2D eigenvalue weighted by atomic mass is 9.88. The summed E-state index contributed by atoms with van der Waals surface area (Å²) in [5.41, 5.74) is -3.39. The Bertz CT molecular complexity index is 655. The lowest BCUT2D eigenvalue weighted by Gasteiger charge is -2.28. The second-order valence-electron chi connectivity index (χ2n) is 7.39. The quantitative estimate of drug-likeness (QED) is 0.658. The van der Waals surface area contributed by atoms with Gasteiger partial charge in [-0.3, -0.25) is 4.79 Å².